The van der Waals surface area contributed by atoms with Crippen molar-refractivity contribution in [1.29, 1.82) is 0 Å². The lowest BCUT2D eigenvalue weighted by molar-refractivity contribution is -0.148. The summed E-state index contributed by atoms with van der Waals surface area (Å²) in [7, 11) is 1.83. The highest BCUT2D eigenvalue weighted by Gasteiger charge is 2.35. The molecule has 0 aliphatic heterocycles. The first kappa shape index (κ1) is 14.6. The monoisotopic (exact) mass is 279 g/mol. The van der Waals surface area contributed by atoms with Gasteiger partial charge in [-0.05, 0) is 19.8 Å². The number of rotatable bonds is 4. The molecule has 1 aromatic heterocycles. The highest BCUT2D eigenvalue weighted by atomic mass is 16.4. The van der Waals surface area contributed by atoms with Crippen LogP contribution in [0.3, 0.4) is 0 Å². The Kier molecular flexibility index (Phi) is 4.42. The smallest absolute Gasteiger partial charge is 0.307 e. The van der Waals surface area contributed by atoms with Gasteiger partial charge in [0.15, 0.2) is 0 Å². The molecule has 1 heterocycles. The summed E-state index contributed by atoms with van der Waals surface area (Å²) >= 11 is 0. The lowest BCUT2D eigenvalue weighted by Crippen LogP contribution is -2.39. The molecule has 0 bridgehead atoms. The Labute approximate surface area is 118 Å². The lowest BCUT2D eigenvalue weighted by atomic mass is 9.78. The van der Waals surface area contributed by atoms with Gasteiger partial charge in [0.1, 0.15) is 0 Å². The average molecular weight is 279 g/mol. The number of hydrogen-bond acceptors (Lipinski definition) is 3. The molecule has 20 heavy (non-hydrogen) atoms. The zero-order valence-electron chi connectivity index (χ0n) is 11.9. The minimum absolute atomic E-state index is 0.152. The summed E-state index contributed by atoms with van der Waals surface area (Å²) in [6, 6.07) is 0. The van der Waals surface area contributed by atoms with Crippen LogP contribution in [0.25, 0.3) is 0 Å². The number of aliphatic carboxylic acids is 1. The van der Waals surface area contributed by atoms with Crippen molar-refractivity contribution in [3.8, 4) is 0 Å². The van der Waals surface area contributed by atoms with Gasteiger partial charge in [0, 0.05) is 25.4 Å². The number of carboxylic acid groups (broad SMARTS) is 1. The van der Waals surface area contributed by atoms with Gasteiger partial charge in [-0.3, -0.25) is 14.3 Å². The lowest BCUT2D eigenvalue weighted by Gasteiger charge is -2.27. The number of nitrogens with one attached hydrogen (secondary N) is 1. The van der Waals surface area contributed by atoms with E-state index in [1.54, 1.807) is 4.68 Å². The van der Waals surface area contributed by atoms with Gasteiger partial charge in [0.25, 0.3) is 0 Å². The van der Waals surface area contributed by atoms with Crippen molar-refractivity contribution in [2.24, 2.45) is 18.9 Å². The van der Waals surface area contributed by atoms with Crippen LogP contribution < -0.4 is 5.32 Å². The van der Waals surface area contributed by atoms with E-state index in [0.29, 0.717) is 19.4 Å². The minimum atomic E-state index is -0.859. The number of carbonyl (C=O) groups excluding carboxylic acids is 1. The van der Waals surface area contributed by atoms with Crippen LogP contribution in [0.1, 0.15) is 36.9 Å². The van der Waals surface area contributed by atoms with Gasteiger partial charge in [0.05, 0.1) is 17.5 Å². The maximum atomic E-state index is 12.2. The Morgan fingerprint density at radius 1 is 1.40 bits per heavy atom. The quantitative estimate of drug-likeness (QED) is 0.868. The number of amides is 1. The molecular weight excluding hydrogens is 258 g/mol. The largest absolute Gasteiger partial charge is 0.481 e. The molecule has 2 rings (SSSR count). The second kappa shape index (κ2) is 6.07. The molecule has 110 valence electrons. The SMILES string of the molecule is Cc1nn(C)cc1CNC(=O)C1CCCCC1C(=O)O. The Balaban J connectivity index is 1.96. The third kappa shape index (κ3) is 3.18. The van der Waals surface area contributed by atoms with Crippen molar-refractivity contribution >= 4 is 11.9 Å². The number of carboxylic acids is 1. The van der Waals surface area contributed by atoms with Gasteiger partial charge < -0.3 is 10.4 Å². The molecule has 1 amide bonds. The minimum Gasteiger partial charge on any atom is -0.481 e. The summed E-state index contributed by atoms with van der Waals surface area (Å²) in [4.78, 5) is 23.4. The van der Waals surface area contributed by atoms with Crippen molar-refractivity contribution < 1.29 is 14.7 Å². The number of nitrogens with zero attached hydrogens (tertiary/aromatic N) is 2. The molecule has 6 nitrogen and oxygen atoms in total. The van der Waals surface area contributed by atoms with E-state index in [1.165, 1.54) is 0 Å². The van der Waals surface area contributed by atoms with E-state index < -0.39 is 17.8 Å². The molecule has 2 N–H and O–H groups in total. The van der Waals surface area contributed by atoms with Crippen molar-refractivity contribution in [2.75, 3.05) is 0 Å². The molecule has 1 fully saturated rings. The fourth-order valence-corrected chi connectivity index (χ4v) is 2.88. The molecule has 2 unspecified atom stereocenters. The van der Waals surface area contributed by atoms with Crippen molar-refractivity contribution in [3.63, 3.8) is 0 Å². The van der Waals surface area contributed by atoms with Gasteiger partial charge in [-0.25, -0.2) is 0 Å². The Hall–Kier alpha value is -1.85. The fourth-order valence-electron chi connectivity index (χ4n) is 2.88. The molecule has 1 aromatic rings. The zero-order valence-corrected chi connectivity index (χ0v) is 11.9. The van der Waals surface area contributed by atoms with E-state index >= 15 is 0 Å². The van der Waals surface area contributed by atoms with Gasteiger partial charge in [0.2, 0.25) is 5.91 Å². The molecular formula is C14H21N3O3. The summed E-state index contributed by atoms with van der Waals surface area (Å²) in [5, 5.41) is 16.3. The van der Waals surface area contributed by atoms with Gasteiger partial charge in [-0.2, -0.15) is 5.10 Å². The van der Waals surface area contributed by atoms with Gasteiger partial charge >= 0.3 is 5.97 Å². The second-order valence-electron chi connectivity index (χ2n) is 5.47. The fraction of sp³-hybridized carbons (Fsp3) is 0.643. The molecule has 1 saturated carbocycles. The van der Waals surface area contributed by atoms with E-state index in [4.69, 9.17) is 0 Å². The molecule has 0 radical (unpaired) electrons. The van der Waals surface area contributed by atoms with E-state index in [0.717, 1.165) is 24.1 Å². The standard InChI is InChI=1S/C14H21N3O3/c1-9-10(8-17(2)16-9)7-15-13(18)11-5-3-4-6-12(11)14(19)20/h8,11-12H,3-7H2,1-2H3,(H,15,18)(H,19,20). The number of carbonyl (C=O) groups is 2. The summed E-state index contributed by atoms with van der Waals surface area (Å²) in [5.41, 5.74) is 1.84. The highest BCUT2D eigenvalue weighted by molar-refractivity contribution is 5.84. The number of hydrogen-bond donors (Lipinski definition) is 2. The maximum Gasteiger partial charge on any atom is 0.307 e. The Bertz CT molecular complexity index is 510. The van der Waals surface area contributed by atoms with Crippen LogP contribution in [-0.4, -0.2) is 26.8 Å². The van der Waals surface area contributed by atoms with Crippen LogP contribution in [0.2, 0.25) is 0 Å². The summed E-state index contributed by atoms with van der Waals surface area (Å²) in [6.07, 6.45) is 4.94. The topological polar surface area (TPSA) is 84.2 Å². The first-order valence-electron chi connectivity index (χ1n) is 6.98. The summed E-state index contributed by atoms with van der Waals surface area (Å²) < 4.78 is 1.71. The van der Waals surface area contributed by atoms with Crippen molar-refractivity contribution in [2.45, 2.75) is 39.2 Å². The second-order valence-corrected chi connectivity index (χ2v) is 5.47. The summed E-state index contributed by atoms with van der Waals surface area (Å²) in [5.74, 6) is -1.96. The molecule has 0 saturated heterocycles. The molecule has 1 aliphatic rings. The van der Waals surface area contributed by atoms with E-state index in [-0.39, 0.29) is 5.91 Å². The van der Waals surface area contributed by atoms with Gasteiger partial charge in [-0.1, -0.05) is 12.8 Å². The van der Waals surface area contributed by atoms with Crippen LogP contribution in [0.15, 0.2) is 6.20 Å². The van der Waals surface area contributed by atoms with E-state index in [2.05, 4.69) is 10.4 Å². The third-order valence-corrected chi connectivity index (χ3v) is 3.99. The molecule has 1 aliphatic carbocycles. The van der Waals surface area contributed by atoms with Gasteiger partial charge in [-0.15, -0.1) is 0 Å². The van der Waals surface area contributed by atoms with Crippen LogP contribution in [-0.2, 0) is 23.2 Å². The molecule has 6 heteroatoms. The van der Waals surface area contributed by atoms with Crippen LogP contribution in [0.4, 0.5) is 0 Å². The summed E-state index contributed by atoms with van der Waals surface area (Å²) in [6.45, 7) is 2.30. The normalized spacial score (nSPS) is 22.5. The highest BCUT2D eigenvalue weighted by Crippen LogP contribution is 2.30. The Morgan fingerprint density at radius 2 is 2.05 bits per heavy atom. The Morgan fingerprint density at radius 3 is 2.60 bits per heavy atom. The predicted octanol–water partition coefficient (Wildman–Crippen LogP) is 1.24. The van der Waals surface area contributed by atoms with E-state index in [9.17, 15) is 14.7 Å². The zero-order chi connectivity index (χ0) is 14.7. The number of aryl methyl sites for hydroxylation is 2. The molecule has 2 atom stereocenters. The first-order valence-corrected chi connectivity index (χ1v) is 6.98. The molecule has 0 spiro atoms. The third-order valence-electron chi connectivity index (χ3n) is 3.99. The first-order chi connectivity index (χ1) is 9.49. The molecule has 0 aromatic carbocycles. The average Bonchev–Trinajstić information content (AvgIpc) is 2.74. The van der Waals surface area contributed by atoms with Crippen LogP contribution in [0.5, 0.6) is 0 Å². The van der Waals surface area contributed by atoms with Crippen LogP contribution in [0, 0.1) is 18.8 Å². The van der Waals surface area contributed by atoms with Crippen molar-refractivity contribution in [1.82, 2.24) is 15.1 Å². The maximum absolute atomic E-state index is 12.2. The van der Waals surface area contributed by atoms with E-state index in [1.807, 2.05) is 20.2 Å². The predicted molar refractivity (Wildman–Crippen MR) is 72.9 cm³/mol. The number of aromatic nitrogens is 2. The van der Waals surface area contributed by atoms with Crippen LogP contribution >= 0.6 is 0 Å². The van der Waals surface area contributed by atoms with Crippen molar-refractivity contribution in [3.05, 3.63) is 17.5 Å².